The molecule has 3 aromatic rings. The SMILES string of the molecule is COC[C@H](C)Oc1cc(OC(C)c2ccccc2)cc(C(=O)Nc2ccc(C(=O)O)cn2)c1. The fraction of sp³-hybridized carbons (Fsp3) is 0.240. The van der Waals surface area contributed by atoms with Crippen molar-refractivity contribution in [2.45, 2.75) is 26.1 Å². The highest BCUT2D eigenvalue weighted by molar-refractivity contribution is 6.04. The van der Waals surface area contributed by atoms with Gasteiger partial charge in [0.15, 0.2) is 0 Å². The fourth-order valence-corrected chi connectivity index (χ4v) is 3.12. The van der Waals surface area contributed by atoms with Gasteiger partial charge >= 0.3 is 5.97 Å². The largest absolute Gasteiger partial charge is 0.488 e. The smallest absolute Gasteiger partial charge is 0.337 e. The van der Waals surface area contributed by atoms with Gasteiger partial charge in [-0.25, -0.2) is 9.78 Å². The Morgan fingerprint density at radius 1 is 0.970 bits per heavy atom. The molecule has 8 nitrogen and oxygen atoms in total. The van der Waals surface area contributed by atoms with E-state index in [1.165, 1.54) is 18.3 Å². The summed E-state index contributed by atoms with van der Waals surface area (Å²) in [6.45, 7) is 4.16. The molecule has 3 rings (SSSR count). The molecule has 2 N–H and O–H groups in total. The van der Waals surface area contributed by atoms with E-state index in [1.54, 1.807) is 25.3 Å². The summed E-state index contributed by atoms with van der Waals surface area (Å²) in [5.41, 5.74) is 1.32. The van der Waals surface area contributed by atoms with Gasteiger partial charge in [-0.2, -0.15) is 0 Å². The summed E-state index contributed by atoms with van der Waals surface area (Å²) in [5, 5.41) is 11.7. The Hall–Kier alpha value is -3.91. The van der Waals surface area contributed by atoms with Gasteiger partial charge in [0.1, 0.15) is 29.5 Å². The summed E-state index contributed by atoms with van der Waals surface area (Å²) in [4.78, 5) is 27.9. The lowest BCUT2D eigenvalue weighted by Crippen LogP contribution is -2.19. The number of nitrogens with one attached hydrogen (secondary N) is 1. The van der Waals surface area contributed by atoms with Crippen LogP contribution in [-0.4, -0.2) is 41.8 Å². The highest BCUT2D eigenvalue weighted by Gasteiger charge is 2.15. The average molecular weight is 450 g/mol. The van der Waals surface area contributed by atoms with Gasteiger partial charge in [-0.3, -0.25) is 4.79 Å². The summed E-state index contributed by atoms with van der Waals surface area (Å²) in [5.74, 6) is -0.383. The van der Waals surface area contributed by atoms with Crippen LogP contribution < -0.4 is 14.8 Å². The van der Waals surface area contributed by atoms with Crippen LogP contribution in [0.2, 0.25) is 0 Å². The summed E-state index contributed by atoms with van der Waals surface area (Å²) < 4.78 is 17.1. The number of carbonyl (C=O) groups excluding carboxylic acids is 1. The number of hydrogen-bond acceptors (Lipinski definition) is 6. The normalized spacial score (nSPS) is 12.5. The molecule has 0 spiro atoms. The van der Waals surface area contributed by atoms with E-state index in [0.717, 1.165) is 5.56 Å². The number of carboxylic acids is 1. The monoisotopic (exact) mass is 450 g/mol. The second-order valence-electron chi connectivity index (χ2n) is 7.44. The van der Waals surface area contributed by atoms with Crippen LogP contribution in [0.3, 0.4) is 0 Å². The molecule has 172 valence electrons. The van der Waals surface area contributed by atoms with Gasteiger partial charge in [0.2, 0.25) is 0 Å². The summed E-state index contributed by atoms with van der Waals surface area (Å²) >= 11 is 0. The molecule has 1 heterocycles. The van der Waals surface area contributed by atoms with Crippen LogP contribution in [0, 0.1) is 0 Å². The minimum absolute atomic E-state index is 0.0288. The van der Waals surface area contributed by atoms with Crippen LogP contribution in [0.4, 0.5) is 5.82 Å². The van der Waals surface area contributed by atoms with Crippen molar-refractivity contribution in [3.63, 3.8) is 0 Å². The lowest BCUT2D eigenvalue weighted by molar-refractivity contribution is 0.0696. The number of amides is 1. The van der Waals surface area contributed by atoms with Crippen molar-refractivity contribution in [2.24, 2.45) is 0 Å². The second-order valence-corrected chi connectivity index (χ2v) is 7.44. The van der Waals surface area contributed by atoms with Crippen molar-refractivity contribution in [2.75, 3.05) is 19.0 Å². The number of aromatic carboxylic acids is 1. The molecule has 1 unspecified atom stereocenters. The molecule has 0 fully saturated rings. The van der Waals surface area contributed by atoms with E-state index >= 15 is 0 Å². The Balaban J connectivity index is 1.84. The Morgan fingerprint density at radius 3 is 2.27 bits per heavy atom. The summed E-state index contributed by atoms with van der Waals surface area (Å²) in [6.07, 6.45) is 0.692. The number of hydrogen-bond donors (Lipinski definition) is 2. The number of carboxylic acid groups (broad SMARTS) is 1. The number of nitrogens with zero attached hydrogens (tertiary/aromatic N) is 1. The molecule has 0 aliphatic heterocycles. The van der Waals surface area contributed by atoms with Crippen molar-refractivity contribution in [3.05, 3.63) is 83.6 Å². The maximum absolute atomic E-state index is 12.9. The van der Waals surface area contributed by atoms with E-state index in [4.69, 9.17) is 19.3 Å². The molecule has 0 aliphatic carbocycles. The quantitative estimate of drug-likeness (QED) is 0.465. The van der Waals surface area contributed by atoms with Crippen LogP contribution in [-0.2, 0) is 4.74 Å². The number of ether oxygens (including phenoxy) is 3. The first-order valence-electron chi connectivity index (χ1n) is 10.4. The van der Waals surface area contributed by atoms with Gasteiger partial charge in [0, 0.05) is 24.9 Å². The molecule has 0 saturated heterocycles. The van der Waals surface area contributed by atoms with Gasteiger partial charge in [-0.15, -0.1) is 0 Å². The number of anilines is 1. The summed E-state index contributed by atoms with van der Waals surface area (Å²) in [6, 6.07) is 17.5. The number of rotatable bonds is 10. The van der Waals surface area contributed by atoms with Crippen molar-refractivity contribution < 1.29 is 28.9 Å². The predicted molar refractivity (Wildman–Crippen MR) is 123 cm³/mol. The van der Waals surface area contributed by atoms with E-state index in [-0.39, 0.29) is 23.6 Å². The molecule has 2 atom stereocenters. The fourth-order valence-electron chi connectivity index (χ4n) is 3.12. The number of pyridine rings is 1. The maximum Gasteiger partial charge on any atom is 0.337 e. The summed E-state index contributed by atoms with van der Waals surface area (Å²) in [7, 11) is 1.59. The molecule has 0 saturated carbocycles. The van der Waals surface area contributed by atoms with Gasteiger partial charge in [0.25, 0.3) is 5.91 Å². The Morgan fingerprint density at radius 2 is 1.67 bits per heavy atom. The van der Waals surface area contributed by atoms with E-state index in [2.05, 4.69) is 10.3 Å². The zero-order valence-corrected chi connectivity index (χ0v) is 18.6. The zero-order chi connectivity index (χ0) is 23.8. The lowest BCUT2D eigenvalue weighted by Gasteiger charge is -2.19. The van der Waals surface area contributed by atoms with Crippen LogP contribution >= 0.6 is 0 Å². The first-order chi connectivity index (χ1) is 15.9. The molecule has 0 aliphatic rings. The molecule has 33 heavy (non-hydrogen) atoms. The van der Waals surface area contributed by atoms with Crippen LogP contribution in [0.1, 0.15) is 46.2 Å². The maximum atomic E-state index is 12.9. The number of benzene rings is 2. The lowest BCUT2D eigenvalue weighted by atomic mass is 10.1. The molecule has 1 amide bonds. The third-order valence-corrected chi connectivity index (χ3v) is 4.71. The van der Waals surface area contributed by atoms with Crippen molar-refractivity contribution >= 4 is 17.7 Å². The minimum atomic E-state index is -1.09. The minimum Gasteiger partial charge on any atom is -0.488 e. The predicted octanol–water partition coefficient (Wildman–Crippen LogP) is 4.59. The van der Waals surface area contributed by atoms with Gasteiger partial charge in [-0.05, 0) is 43.7 Å². The van der Waals surface area contributed by atoms with Crippen LogP contribution in [0.25, 0.3) is 0 Å². The average Bonchev–Trinajstić information content (AvgIpc) is 2.80. The van der Waals surface area contributed by atoms with Crippen LogP contribution in [0.5, 0.6) is 11.5 Å². The van der Waals surface area contributed by atoms with E-state index < -0.39 is 11.9 Å². The number of methoxy groups -OCH3 is 1. The highest BCUT2D eigenvalue weighted by atomic mass is 16.5. The van der Waals surface area contributed by atoms with Crippen molar-refractivity contribution in [1.29, 1.82) is 0 Å². The topological polar surface area (TPSA) is 107 Å². The molecule has 0 bridgehead atoms. The zero-order valence-electron chi connectivity index (χ0n) is 18.6. The van der Waals surface area contributed by atoms with Gasteiger partial charge in [-0.1, -0.05) is 30.3 Å². The molecular weight excluding hydrogens is 424 g/mol. The molecule has 2 aromatic carbocycles. The van der Waals surface area contributed by atoms with E-state index in [0.29, 0.717) is 23.7 Å². The highest BCUT2D eigenvalue weighted by Crippen LogP contribution is 2.28. The molecular formula is C25H26N2O6. The standard InChI is InChI=1S/C25H26N2O6/c1-16(15-31-3)32-21-11-20(24(28)27-23-10-9-19(14-26-23)25(29)30)12-22(13-21)33-17(2)18-7-5-4-6-8-18/h4-14,16-17H,15H2,1-3H3,(H,29,30)(H,26,27,28)/t16-,17?/m0/s1. The number of carbonyl (C=O) groups is 2. The van der Waals surface area contributed by atoms with Gasteiger partial charge in [0.05, 0.1) is 12.2 Å². The third-order valence-electron chi connectivity index (χ3n) is 4.71. The van der Waals surface area contributed by atoms with E-state index in [1.807, 2.05) is 44.2 Å². The van der Waals surface area contributed by atoms with Crippen LogP contribution in [0.15, 0.2) is 66.9 Å². The first kappa shape index (κ1) is 23.7. The van der Waals surface area contributed by atoms with Crippen molar-refractivity contribution in [3.8, 4) is 11.5 Å². The first-order valence-corrected chi connectivity index (χ1v) is 10.4. The van der Waals surface area contributed by atoms with Gasteiger partial charge < -0.3 is 24.6 Å². The van der Waals surface area contributed by atoms with E-state index in [9.17, 15) is 9.59 Å². The Labute approximate surface area is 192 Å². The molecule has 1 aromatic heterocycles. The molecule has 8 heteroatoms. The Kier molecular flexibility index (Phi) is 7.99. The second kappa shape index (κ2) is 11.1. The molecule has 0 radical (unpaired) electrons. The number of aromatic nitrogens is 1. The third kappa shape index (κ3) is 6.78. The Bertz CT molecular complexity index is 1090. The van der Waals surface area contributed by atoms with Crippen molar-refractivity contribution in [1.82, 2.24) is 4.98 Å².